The number of nitrogens with one attached hydrogen (secondary N) is 1. The zero-order valence-corrected chi connectivity index (χ0v) is 18.3. The maximum atomic E-state index is 12.3. The summed E-state index contributed by atoms with van der Waals surface area (Å²) in [4.78, 5) is 22.5. The summed E-state index contributed by atoms with van der Waals surface area (Å²) in [7, 11) is 0. The summed E-state index contributed by atoms with van der Waals surface area (Å²) in [6.07, 6.45) is -1.73. The number of rotatable bonds is 5. The minimum absolute atomic E-state index is 0. The molecule has 0 aromatic heterocycles. The molecule has 27 heavy (non-hydrogen) atoms. The molecule has 2 saturated heterocycles. The van der Waals surface area contributed by atoms with Crippen molar-refractivity contribution in [1.82, 2.24) is 20.0 Å². The number of piperazine rings is 1. The molecule has 10 heteroatoms. The average Bonchev–Trinajstić information content (AvgIpc) is 2.61. The van der Waals surface area contributed by atoms with E-state index in [0.717, 1.165) is 25.9 Å². The van der Waals surface area contributed by atoms with Gasteiger partial charge in [0.1, 0.15) is 0 Å². The second-order valence-corrected chi connectivity index (χ2v) is 6.81. The Balaban J connectivity index is 0.00000364. The lowest BCUT2D eigenvalue weighted by atomic mass is 10.1. The van der Waals surface area contributed by atoms with Crippen molar-refractivity contribution < 1.29 is 18.0 Å². The highest BCUT2D eigenvalue weighted by atomic mass is 127. The Labute approximate surface area is 176 Å². The molecule has 0 atom stereocenters. The van der Waals surface area contributed by atoms with Crippen molar-refractivity contribution in [2.45, 2.75) is 38.8 Å². The number of carbonyl (C=O) groups is 1. The largest absolute Gasteiger partial charge is 0.390 e. The molecule has 0 spiro atoms. The molecule has 0 aromatic rings. The standard InChI is InChI=1S/C17H30F3N5O.HI/c1-2-21-16(22-7-6-17(18,19)20)25-12-10-23(11-13-25)14-15(26)24-8-4-3-5-9-24;/h2-14H2,1H3,(H,21,22);1H. The number of aliphatic imine (C=N–C) groups is 1. The van der Waals surface area contributed by atoms with Crippen molar-refractivity contribution in [2.24, 2.45) is 4.99 Å². The monoisotopic (exact) mass is 505 g/mol. The molecular formula is C17H31F3IN5O. The number of halogens is 4. The van der Waals surface area contributed by atoms with Crippen LogP contribution in [-0.4, -0.2) is 91.6 Å². The van der Waals surface area contributed by atoms with Crippen molar-refractivity contribution in [2.75, 3.05) is 58.9 Å². The number of hydrogen-bond donors (Lipinski definition) is 1. The molecule has 0 unspecified atom stereocenters. The van der Waals surface area contributed by atoms with Crippen LogP contribution < -0.4 is 5.32 Å². The van der Waals surface area contributed by atoms with Gasteiger partial charge in [0.15, 0.2) is 5.96 Å². The van der Waals surface area contributed by atoms with Gasteiger partial charge in [0.05, 0.1) is 19.5 Å². The van der Waals surface area contributed by atoms with E-state index in [0.29, 0.717) is 45.2 Å². The summed E-state index contributed by atoms with van der Waals surface area (Å²) in [6.45, 7) is 7.12. The van der Waals surface area contributed by atoms with Gasteiger partial charge >= 0.3 is 6.18 Å². The third-order valence-electron chi connectivity index (χ3n) is 4.73. The van der Waals surface area contributed by atoms with Gasteiger partial charge in [-0.15, -0.1) is 24.0 Å². The summed E-state index contributed by atoms with van der Waals surface area (Å²) < 4.78 is 36.9. The van der Waals surface area contributed by atoms with Crippen molar-refractivity contribution in [3.8, 4) is 0 Å². The van der Waals surface area contributed by atoms with Crippen LogP contribution in [0.3, 0.4) is 0 Å². The number of guanidine groups is 1. The zero-order valence-electron chi connectivity index (χ0n) is 15.9. The van der Waals surface area contributed by atoms with Crippen LogP contribution >= 0.6 is 24.0 Å². The first-order valence-corrected chi connectivity index (χ1v) is 9.49. The van der Waals surface area contributed by atoms with E-state index in [9.17, 15) is 18.0 Å². The third kappa shape index (κ3) is 8.84. The minimum atomic E-state index is -4.19. The van der Waals surface area contributed by atoms with Gasteiger partial charge in [-0.2, -0.15) is 13.2 Å². The van der Waals surface area contributed by atoms with Crippen molar-refractivity contribution in [3.05, 3.63) is 0 Å². The molecule has 2 rings (SSSR count). The molecule has 2 aliphatic heterocycles. The third-order valence-corrected chi connectivity index (χ3v) is 4.73. The van der Waals surface area contributed by atoms with Crippen LogP contribution in [-0.2, 0) is 4.79 Å². The summed E-state index contributed by atoms with van der Waals surface area (Å²) in [5, 5.41) is 3.06. The van der Waals surface area contributed by atoms with Gasteiger partial charge < -0.3 is 15.1 Å². The van der Waals surface area contributed by atoms with Crippen LogP contribution in [0.4, 0.5) is 13.2 Å². The smallest absolute Gasteiger partial charge is 0.357 e. The van der Waals surface area contributed by atoms with Gasteiger partial charge in [0.25, 0.3) is 0 Å². The number of nitrogens with zero attached hydrogens (tertiary/aromatic N) is 4. The number of carbonyl (C=O) groups excluding carboxylic acids is 1. The zero-order chi connectivity index (χ0) is 19.0. The lowest BCUT2D eigenvalue weighted by molar-refractivity contribution is -0.133. The van der Waals surface area contributed by atoms with Crippen molar-refractivity contribution in [1.29, 1.82) is 0 Å². The molecular weight excluding hydrogens is 474 g/mol. The van der Waals surface area contributed by atoms with E-state index >= 15 is 0 Å². The average molecular weight is 505 g/mol. The van der Waals surface area contributed by atoms with Crippen molar-refractivity contribution >= 4 is 35.8 Å². The molecule has 1 N–H and O–H groups in total. The molecule has 158 valence electrons. The molecule has 0 radical (unpaired) electrons. The summed E-state index contributed by atoms with van der Waals surface area (Å²) >= 11 is 0. The van der Waals surface area contributed by atoms with E-state index < -0.39 is 12.6 Å². The van der Waals surface area contributed by atoms with E-state index in [1.807, 2.05) is 16.7 Å². The van der Waals surface area contributed by atoms with Gasteiger partial charge in [0.2, 0.25) is 5.91 Å². The van der Waals surface area contributed by atoms with Crippen LogP contribution in [0.5, 0.6) is 0 Å². The summed E-state index contributed by atoms with van der Waals surface area (Å²) in [5.74, 6) is 0.711. The van der Waals surface area contributed by atoms with Gasteiger partial charge in [-0.05, 0) is 26.2 Å². The Morgan fingerprint density at radius 3 is 2.19 bits per heavy atom. The molecule has 2 fully saturated rings. The summed E-state index contributed by atoms with van der Waals surface area (Å²) in [6, 6.07) is 0. The maximum Gasteiger partial charge on any atom is 0.390 e. The second-order valence-electron chi connectivity index (χ2n) is 6.81. The van der Waals surface area contributed by atoms with E-state index in [1.165, 1.54) is 6.42 Å². The van der Waals surface area contributed by atoms with E-state index in [4.69, 9.17) is 0 Å². The normalized spacial score (nSPS) is 19.6. The Morgan fingerprint density at radius 2 is 1.63 bits per heavy atom. The molecule has 0 aliphatic carbocycles. The Kier molecular flexibility index (Phi) is 10.7. The number of hydrogen-bond acceptors (Lipinski definition) is 3. The van der Waals surface area contributed by atoms with E-state index in [-0.39, 0.29) is 36.4 Å². The van der Waals surface area contributed by atoms with Crippen LogP contribution in [0.1, 0.15) is 32.6 Å². The Morgan fingerprint density at radius 1 is 1.00 bits per heavy atom. The minimum Gasteiger partial charge on any atom is -0.357 e. The highest BCUT2D eigenvalue weighted by Crippen LogP contribution is 2.19. The van der Waals surface area contributed by atoms with Crippen molar-refractivity contribution in [3.63, 3.8) is 0 Å². The molecule has 2 aliphatic rings. The quantitative estimate of drug-likeness (QED) is 0.354. The lowest BCUT2D eigenvalue weighted by Crippen LogP contribution is -2.54. The number of alkyl halides is 3. The lowest BCUT2D eigenvalue weighted by Gasteiger charge is -2.37. The maximum absolute atomic E-state index is 12.3. The fourth-order valence-electron chi connectivity index (χ4n) is 3.27. The number of amides is 1. The predicted octanol–water partition coefficient (Wildman–Crippen LogP) is 2.15. The van der Waals surface area contributed by atoms with Gasteiger partial charge in [-0.3, -0.25) is 14.7 Å². The second kappa shape index (κ2) is 11.9. The van der Waals surface area contributed by atoms with E-state index in [2.05, 4.69) is 15.2 Å². The SMILES string of the molecule is CCNC(=NCCC(F)(F)F)N1CCN(CC(=O)N2CCCCC2)CC1.I. The molecule has 0 saturated carbocycles. The first-order valence-electron chi connectivity index (χ1n) is 9.49. The highest BCUT2D eigenvalue weighted by Gasteiger charge is 2.27. The molecule has 2 heterocycles. The van der Waals surface area contributed by atoms with Crippen LogP contribution in [0.2, 0.25) is 0 Å². The van der Waals surface area contributed by atoms with Gasteiger partial charge in [-0.1, -0.05) is 0 Å². The van der Waals surface area contributed by atoms with Gasteiger partial charge in [-0.25, -0.2) is 0 Å². The molecule has 0 bridgehead atoms. The Bertz CT molecular complexity index is 476. The van der Waals surface area contributed by atoms with Crippen LogP contribution in [0, 0.1) is 0 Å². The van der Waals surface area contributed by atoms with Crippen LogP contribution in [0.25, 0.3) is 0 Å². The highest BCUT2D eigenvalue weighted by molar-refractivity contribution is 14.0. The Hall–Kier alpha value is -0.780. The fourth-order valence-corrected chi connectivity index (χ4v) is 3.27. The predicted molar refractivity (Wildman–Crippen MR) is 111 cm³/mol. The first-order chi connectivity index (χ1) is 12.4. The summed E-state index contributed by atoms with van der Waals surface area (Å²) in [5.41, 5.74) is 0. The number of piperidine rings is 1. The fraction of sp³-hybridized carbons (Fsp3) is 0.882. The number of likely N-dealkylation sites (tertiary alicyclic amines) is 1. The molecule has 1 amide bonds. The first kappa shape index (κ1) is 24.3. The molecule has 6 nitrogen and oxygen atoms in total. The van der Waals surface area contributed by atoms with Crippen LogP contribution in [0.15, 0.2) is 4.99 Å². The topological polar surface area (TPSA) is 51.2 Å². The van der Waals surface area contributed by atoms with Gasteiger partial charge in [0, 0.05) is 45.8 Å². The van der Waals surface area contributed by atoms with E-state index in [1.54, 1.807) is 0 Å². The molecule has 0 aromatic carbocycles.